The molecular weight excluding hydrogens is 757 g/mol. The Hall–Kier alpha value is -7.02. The van der Waals surface area contributed by atoms with Crippen molar-refractivity contribution in [2.45, 2.75) is 57.8 Å². The molecule has 0 nitrogen and oxygen atoms in total. The lowest BCUT2D eigenvalue weighted by molar-refractivity contribution is 0.640. The quantitative estimate of drug-likeness (QED) is 0.156. The predicted molar refractivity (Wildman–Crippen MR) is 268 cm³/mol. The van der Waals surface area contributed by atoms with Crippen LogP contribution in [-0.4, -0.2) is 0 Å². The fourth-order valence-electron chi connectivity index (χ4n) is 12.6. The van der Waals surface area contributed by atoms with E-state index >= 15 is 0 Å². The zero-order valence-corrected chi connectivity index (χ0v) is 36.8. The van der Waals surface area contributed by atoms with Gasteiger partial charge in [0.15, 0.2) is 0 Å². The Morgan fingerprint density at radius 2 is 0.730 bits per heavy atom. The molecule has 300 valence electrons. The zero-order chi connectivity index (χ0) is 42.6. The molecule has 0 aromatic heterocycles. The normalized spacial score (nSPS) is 15.5. The monoisotopic (exact) mass is 804 g/mol. The van der Waals surface area contributed by atoms with Crippen LogP contribution in [-0.2, 0) is 16.2 Å². The second-order valence-corrected chi connectivity index (χ2v) is 20.0. The van der Waals surface area contributed by atoms with Crippen LogP contribution >= 0.6 is 0 Å². The molecule has 0 N–H and O–H groups in total. The lowest BCUT2D eigenvalue weighted by atomic mass is 9.76. The van der Waals surface area contributed by atoms with E-state index in [1.165, 1.54) is 132 Å². The van der Waals surface area contributed by atoms with E-state index in [0.29, 0.717) is 0 Å². The molecule has 0 unspecified atom stereocenters. The fourth-order valence-corrected chi connectivity index (χ4v) is 12.6. The van der Waals surface area contributed by atoms with Crippen LogP contribution in [0.2, 0.25) is 0 Å². The molecule has 10 aromatic carbocycles. The molecule has 0 heteroatoms. The minimum atomic E-state index is -0.161. The van der Waals surface area contributed by atoms with Gasteiger partial charge < -0.3 is 0 Å². The van der Waals surface area contributed by atoms with Crippen LogP contribution in [0.15, 0.2) is 182 Å². The maximum absolute atomic E-state index is 2.55. The highest BCUT2D eigenvalue weighted by molar-refractivity contribution is 6.23. The summed E-state index contributed by atoms with van der Waals surface area (Å²) in [5, 5.41) is 7.69. The first-order valence-corrected chi connectivity index (χ1v) is 22.7. The van der Waals surface area contributed by atoms with Gasteiger partial charge in [-0.2, -0.15) is 0 Å². The van der Waals surface area contributed by atoms with Crippen molar-refractivity contribution in [1.82, 2.24) is 0 Å². The minimum absolute atomic E-state index is 0.0319. The van der Waals surface area contributed by atoms with E-state index in [4.69, 9.17) is 0 Å². The van der Waals surface area contributed by atoms with Gasteiger partial charge in [0.2, 0.25) is 0 Å². The number of hydrogen-bond donors (Lipinski definition) is 0. The van der Waals surface area contributed by atoms with Gasteiger partial charge in [-0.05, 0) is 151 Å². The van der Waals surface area contributed by atoms with Gasteiger partial charge in [0, 0.05) is 16.2 Å². The maximum atomic E-state index is 2.55. The highest BCUT2D eigenvalue weighted by Gasteiger charge is 2.43. The van der Waals surface area contributed by atoms with Crippen LogP contribution < -0.4 is 0 Å². The van der Waals surface area contributed by atoms with E-state index in [-0.39, 0.29) is 16.2 Å². The van der Waals surface area contributed by atoms with Crippen LogP contribution in [0.4, 0.5) is 0 Å². The van der Waals surface area contributed by atoms with E-state index in [1.807, 2.05) is 0 Å². The van der Waals surface area contributed by atoms with Gasteiger partial charge in [0.25, 0.3) is 0 Å². The van der Waals surface area contributed by atoms with Gasteiger partial charge in [0.1, 0.15) is 0 Å². The number of benzene rings is 10. The second-order valence-electron chi connectivity index (χ2n) is 20.0. The summed E-state index contributed by atoms with van der Waals surface area (Å²) >= 11 is 0. The molecule has 13 rings (SSSR count). The van der Waals surface area contributed by atoms with Crippen molar-refractivity contribution in [3.63, 3.8) is 0 Å². The number of fused-ring (bicyclic) bond motifs is 12. The molecule has 0 amide bonds. The van der Waals surface area contributed by atoms with E-state index in [0.717, 1.165) is 0 Å². The van der Waals surface area contributed by atoms with E-state index in [1.54, 1.807) is 0 Å². The van der Waals surface area contributed by atoms with Crippen molar-refractivity contribution in [3.05, 3.63) is 215 Å². The molecular formula is C63H48. The molecule has 3 aliphatic rings. The number of hydrogen-bond acceptors (Lipinski definition) is 0. The lowest BCUT2D eigenvalue weighted by Gasteiger charge is -2.27. The first kappa shape index (κ1) is 36.6. The van der Waals surface area contributed by atoms with Gasteiger partial charge in [0.05, 0.1) is 0 Å². The van der Waals surface area contributed by atoms with Crippen molar-refractivity contribution in [2.24, 2.45) is 0 Å². The lowest BCUT2D eigenvalue weighted by Crippen LogP contribution is -2.19. The maximum Gasteiger partial charge on any atom is 0.0165 e. The fraction of sp³-hybridized carbons (Fsp3) is 0.143. The van der Waals surface area contributed by atoms with Gasteiger partial charge in [-0.1, -0.05) is 205 Å². The Morgan fingerprint density at radius 1 is 0.254 bits per heavy atom. The average Bonchev–Trinajstić information content (AvgIpc) is 3.78. The SMILES string of the molecule is CC1(C)c2ccc(-c3cccc4c3C(C)(C)c3cc5c(cc3-4)-c3ccccc3C5(C)C)cc2-c2ccc(-c3c4ccccc4c(-c4cccc5ccccc45)c4ccccc34)cc21. The zero-order valence-electron chi connectivity index (χ0n) is 36.8. The molecule has 0 saturated carbocycles. The molecule has 63 heavy (non-hydrogen) atoms. The van der Waals surface area contributed by atoms with Crippen molar-refractivity contribution in [3.8, 4) is 66.8 Å². The standard InChI is InChI=1S/C63H48/c1-61(2)53-28-14-13-20-42(53)51-35-52-49-27-16-25-41(60(49)63(5,6)57(52)36-56(51)61)38-30-32-54-50(33-38)43-31-29-39(34-55(43)62(54,3)4)58-45-21-9-11-23-47(45)59(48-24-12-10-22-46(48)58)44-26-15-18-37-17-7-8-19-40(37)44/h7-36H,1-6H3. The smallest absolute Gasteiger partial charge is 0.0165 e. The highest BCUT2D eigenvalue weighted by Crippen LogP contribution is 2.59. The van der Waals surface area contributed by atoms with Crippen LogP contribution in [0.3, 0.4) is 0 Å². The molecule has 0 aliphatic heterocycles. The molecule has 0 bridgehead atoms. The Balaban J connectivity index is 0.957. The third-order valence-electron chi connectivity index (χ3n) is 15.6. The topological polar surface area (TPSA) is 0 Å². The Bertz CT molecular complexity index is 3580. The van der Waals surface area contributed by atoms with Crippen LogP contribution in [0, 0.1) is 0 Å². The Morgan fingerprint density at radius 3 is 1.48 bits per heavy atom. The van der Waals surface area contributed by atoms with Crippen LogP contribution in [0.25, 0.3) is 99.1 Å². The molecule has 0 radical (unpaired) electrons. The Labute approximate surface area is 370 Å². The van der Waals surface area contributed by atoms with Crippen molar-refractivity contribution in [2.75, 3.05) is 0 Å². The molecule has 0 heterocycles. The largest absolute Gasteiger partial charge is 0.0619 e. The van der Waals surface area contributed by atoms with Crippen molar-refractivity contribution in [1.29, 1.82) is 0 Å². The summed E-state index contributed by atoms with van der Waals surface area (Å²) in [5.74, 6) is 0. The summed E-state index contributed by atoms with van der Waals surface area (Å²) in [6, 6.07) is 69.4. The van der Waals surface area contributed by atoms with Gasteiger partial charge in [-0.3, -0.25) is 0 Å². The third-order valence-corrected chi connectivity index (χ3v) is 15.6. The van der Waals surface area contributed by atoms with E-state index in [2.05, 4.69) is 224 Å². The molecule has 10 aromatic rings. The first-order chi connectivity index (χ1) is 30.5. The summed E-state index contributed by atoms with van der Waals surface area (Å²) in [5.41, 5.74) is 24.2. The summed E-state index contributed by atoms with van der Waals surface area (Å²) in [6.07, 6.45) is 0. The molecule has 0 spiro atoms. The van der Waals surface area contributed by atoms with Crippen molar-refractivity contribution >= 4 is 32.3 Å². The van der Waals surface area contributed by atoms with Crippen molar-refractivity contribution < 1.29 is 0 Å². The van der Waals surface area contributed by atoms with Crippen LogP contribution in [0.1, 0.15) is 74.9 Å². The molecule has 0 saturated heterocycles. The second kappa shape index (κ2) is 12.6. The van der Waals surface area contributed by atoms with Gasteiger partial charge in [-0.15, -0.1) is 0 Å². The minimum Gasteiger partial charge on any atom is -0.0619 e. The van der Waals surface area contributed by atoms with Gasteiger partial charge in [-0.25, -0.2) is 0 Å². The third kappa shape index (κ3) is 4.82. The Kier molecular flexibility index (Phi) is 7.29. The summed E-state index contributed by atoms with van der Waals surface area (Å²) in [6.45, 7) is 14.5. The summed E-state index contributed by atoms with van der Waals surface area (Å²) in [7, 11) is 0. The molecule has 0 atom stereocenters. The molecule has 0 fully saturated rings. The summed E-state index contributed by atoms with van der Waals surface area (Å²) in [4.78, 5) is 0. The van der Waals surface area contributed by atoms with E-state index < -0.39 is 0 Å². The predicted octanol–water partition coefficient (Wildman–Crippen LogP) is 17.1. The number of rotatable bonds is 3. The first-order valence-electron chi connectivity index (χ1n) is 22.7. The highest BCUT2D eigenvalue weighted by atomic mass is 14.5. The van der Waals surface area contributed by atoms with Crippen LogP contribution in [0.5, 0.6) is 0 Å². The van der Waals surface area contributed by atoms with E-state index in [9.17, 15) is 0 Å². The summed E-state index contributed by atoms with van der Waals surface area (Å²) < 4.78 is 0. The average molecular weight is 805 g/mol. The molecule has 3 aliphatic carbocycles. The van der Waals surface area contributed by atoms with Gasteiger partial charge >= 0.3 is 0 Å².